The minimum atomic E-state index is -1.09. The third-order valence-corrected chi connectivity index (χ3v) is 9.55. The van der Waals surface area contributed by atoms with Crippen molar-refractivity contribution in [2.75, 3.05) is 6.54 Å². The van der Waals surface area contributed by atoms with Crippen LogP contribution in [0.2, 0.25) is 0 Å². The van der Waals surface area contributed by atoms with Gasteiger partial charge in [0.05, 0.1) is 17.8 Å². The zero-order chi connectivity index (χ0) is 23.9. The number of rotatable bonds is 6. The fourth-order valence-corrected chi connectivity index (χ4v) is 8.38. The van der Waals surface area contributed by atoms with Gasteiger partial charge >= 0.3 is 5.97 Å². The Labute approximate surface area is 202 Å². The lowest BCUT2D eigenvalue weighted by Crippen LogP contribution is -2.43. The number of fused-ring (bicyclic) bond motifs is 3. The molecule has 4 fully saturated rings. The summed E-state index contributed by atoms with van der Waals surface area (Å²) >= 11 is 0. The number of carboxylic acid groups (broad SMARTS) is 1. The summed E-state index contributed by atoms with van der Waals surface area (Å²) in [6.45, 7) is 0.862. The summed E-state index contributed by atoms with van der Waals surface area (Å²) in [5.74, 6) is 1.47. The molecule has 5 unspecified atom stereocenters. The molecule has 8 nitrogen and oxygen atoms in total. The summed E-state index contributed by atoms with van der Waals surface area (Å²) in [6, 6.07) is 7.96. The Kier molecular flexibility index (Phi) is 4.22. The quantitative estimate of drug-likeness (QED) is 0.573. The number of aromatic nitrogens is 3. The van der Waals surface area contributed by atoms with Crippen LogP contribution in [0.25, 0.3) is 5.65 Å². The van der Waals surface area contributed by atoms with Gasteiger partial charge in [-0.25, -0.2) is 9.78 Å². The molecule has 3 aromatic rings. The van der Waals surface area contributed by atoms with E-state index in [4.69, 9.17) is 0 Å². The number of amides is 1. The van der Waals surface area contributed by atoms with Gasteiger partial charge in [0, 0.05) is 25.0 Å². The third kappa shape index (κ3) is 3.04. The fraction of sp³-hybridized carbons (Fsp3) is 0.481. The molecule has 4 aliphatic carbocycles. The Morgan fingerprint density at radius 1 is 1.09 bits per heavy atom. The maximum Gasteiger partial charge on any atom is 0.337 e. The maximum absolute atomic E-state index is 13.3. The predicted octanol–water partition coefficient (Wildman–Crippen LogP) is 3.19. The summed E-state index contributed by atoms with van der Waals surface area (Å²) in [7, 11) is 0. The molecule has 35 heavy (non-hydrogen) atoms. The van der Waals surface area contributed by atoms with E-state index >= 15 is 0 Å². The normalized spacial score (nSPS) is 31.9. The maximum atomic E-state index is 13.3. The first-order chi connectivity index (χ1) is 16.8. The minimum absolute atomic E-state index is 0.0372. The van der Waals surface area contributed by atoms with Gasteiger partial charge in [-0.05, 0) is 85.3 Å². The van der Waals surface area contributed by atoms with Crippen molar-refractivity contribution < 1.29 is 14.7 Å². The monoisotopic (exact) mass is 472 g/mol. The highest BCUT2D eigenvalue weighted by atomic mass is 16.4. The van der Waals surface area contributed by atoms with Crippen molar-refractivity contribution in [2.45, 2.75) is 45.1 Å². The average Bonchev–Trinajstić information content (AvgIpc) is 3.39. The highest BCUT2D eigenvalue weighted by Gasteiger charge is 2.70. The number of imidazole rings is 1. The zero-order valence-electron chi connectivity index (χ0n) is 19.4. The van der Waals surface area contributed by atoms with Crippen LogP contribution in [0.3, 0.4) is 0 Å². The largest absolute Gasteiger partial charge is 0.478 e. The van der Waals surface area contributed by atoms with Crippen LogP contribution in [-0.4, -0.2) is 37.5 Å². The molecule has 3 heterocycles. The van der Waals surface area contributed by atoms with Gasteiger partial charge in [-0.1, -0.05) is 6.07 Å². The summed E-state index contributed by atoms with van der Waals surface area (Å²) in [5.41, 5.74) is 2.30. The molecule has 3 bridgehead atoms. The standard InChI is InChI=1S/C27H28N4O4/c32-23-5-4-17(25(34)35)11-30(23)12-20-13-31-21(2-1-3-22(31)29-20)24(33)28-15-26-8-16-6-18-7-19(10-26)27(18,9-16)14-26/h1-5,11,13,16,18-19H,6-10,12,14-15H2,(H,28,33)(H,34,35). The lowest BCUT2D eigenvalue weighted by Gasteiger charge is -2.49. The molecule has 0 aliphatic heterocycles. The number of nitrogens with one attached hydrogen (secondary N) is 1. The van der Waals surface area contributed by atoms with Crippen LogP contribution in [0.15, 0.2) is 47.5 Å². The van der Waals surface area contributed by atoms with E-state index in [1.807, 2.05) is 12.1 Å². The van der Waals surface area contributed by atoms with Crippen molar-refractivity contribution in [1.82, 2.24) is 19.3 Å². The number of nitrogens with zero attached hydrogens (tertiary/aromatic N) is 3. The van der Waals surface area contributed by atoms with Crippen LogP contribution in [0, 0.1) is 28.6 Å². The molecular weight excluding hydrogens is 444 g/mol. The van der Waals surface area contributed by atoms with E-state index in [1.54, 1.807) is 16.7 Å². The topological polar surface area (TPSA) is 106 Å². The van der Waals surface area contributed by atoms with Gasteiger partial charge in [0.1, 0.15) is 11.3 Å². The van der Waals surface area contributed by atoms with Crippen molar-refractivity contribution in [3.8, 4) is 0 Å². The van der Waals surface area contributed by atoms with Gasteiger partial charge in [0.15, 0.2) is 0 Å². The Balaban J connectivity index is 1.12. The Hall–Kier alpha value is -3.42. The molecule has 0 radical (unpaired) electrons. The lowest BCUT2D eigenvalue weighted by atomic mass is 9.55. The number of carbonyl (C=O) groups excluding carboxylic acids is 1. The third-order valence-electron chi connectivity index (χ3n) is 9.55. The van der Waals surface area contributed by atoms with E-state index in [0.717, 1.165) is 24.3 Å². The first-order valence-corrected chi connectivity index (χ1v) is 12.5. The molecular formula is C27H28N4O4. The van der Waals surface area contributed by atoms with Crippen LogP contribution < -0.4 is 10.9 Å². The van der Waals surface area contributed by atoms with E-state index in [9.17, 15) is 19.5 Å². The Morgan fingerprint density at radius 3 is 2.83 bits per heavy atom. The predicted molar refractivity (Wildman–Crippen MR) is 127 cm³/mol. The molecule has 0 saturated heterocycles. The van der Waals surface area contributed by atoms with Gasteiger partial charge < -0.3 is 15.0 Å². The molecule has 3 aromatic heterocycles. The number of hydrogen-bond donors (Lipinski definition) is 2. The Bertz CT molecular complexity index is 1450. The SMILES string of the molecule is O=C(O)c1ccc(=O)n(Cc2cn3c(C(=O)NCC45CC6CC7CC(C4)C7(C6)C5)cccc3n2)c1. The van der Waals surface area contributed by atoms with E-state index in [2.05, 4.69) is 10.3 Å². The van der Waals surface area contributed by atoms with E-state index in [1.165, 1.54) is 61.4 Å². The van der Waals surface area contributed by atoms with Crippen molar-refractivity contribution in [3.63, 3.8) is 0 Å². The first-order valence-electron chi connectivity index (χ1n) is 12.5. The zero-order valence-corrected chi connectivity index (χ0v) is 19.4. The molecule has 4 saturated carbocycles. The van der Waals surface area contributed by atoms with Crippen molar-refractivity contribution in [2.24, 2.45) is 28.6 Å². The number of carboxylic acids is 1. The number of hydrogen-bond acceptors (Lipinski definition) is 4. The second-order valence-electron chi connectivity index (χ2n) is 11.5. The minimum Gasteiger partial charge on any atom is -0.478 e. The van der Waals surface area contributed by atoms with Gasteiger partial charge in [0.2, 0.25) is 0 Å². The van der Waals surface area contributed by atoms with E-state index < -0.39 is 5.97 Å². The molecule has 180 valence electrons. The second-order valence-corrected chi connectivity index (χ2v) is 11.5. The molecule has 7 rings (SSSR count). The molecule has 8 heteroatoms. The molecule has 4 aliphatic rings. The molecule has 5 atom stereocenters. The number of aromatic carboxylic acids is 1. The second kappa shape index (κ2) is 7.06. The van der Waals surface area contributed by atoms with E-state index in [-0.39, 0.29) is 29.0 Å². The van der Waals surface area contributed by atoms with Crippen LogP contribution in [0.5, 0.6) is 0 Å². The fourth-order valence-electron chi connectivity index (χ4n) is 8.38. The van der Waals surface area contributed by atoms with Gasteiger partial charge in [0.25, 0.3) is 11.5 Å². The highest BCUT2D eigenvalue weighted by molar-refractivity contribution is 5.93. The highest BCUT2D eigenvalue weighted by Crippen LogP contribution is 2.78. The molecule has 2 N–H and O–H groups in total. The average molecular weight is 473 g/mol. The summed E-state index contributed by atoms with van der Waals surface area (Å²) in [6.07, 6.45) is 11.1. The molecule has 1 amide bonds. The van der Waals surface area contributed by atoms with Gasteiger partial charge in [-0.2, -0.15) is 0 Å². The van der Waals surface area contributed by atoms with Crippen molar-refractivity contribution in [3.05, 3.63) is 70.0 Å². The smallest absolute Gasteiger partial charge is 0.337 e. The van der Waals surface area contributed by atoms with Crippen LogP contribution in [-0.2, 0) is 6.54 Å². The summed E-state index contributed by atoms with van der Waals surface area (Å²) in [4.78, 5) is 41.4. The Morgan fingerprint density at radius 2 is 1.97 bits per heavy atom. The number of carbonyl (C=O) groups is 2. The van der Waals surface area contributed by atoms with Gasteiger partial charge in [-0.15, -0.1) is 0 Å². The van der Waals surface area contributed by atoms with Crippen molar-refractivity contribution >= 4 is 17.5 Å². The van der Waals surface area contributed by atoms with Crippen LogP contribution >= 0.6 is 0 Å². The molecule has 1 spiro atoms. The number of pyridine rings is 2. The van der Waals surface area contributed by atoms with Crippen LogP contribution in [0.1, 0.15) is 65.1 Å². The van der Waals surface area contributed by atoms with Gasteiger partial charge in [-0.3, -0.25) is 14.0 Å². The molecule has 0 aromatic carbocycles. The van der Waals surface area contributed by atoms with Crippen molar-refractivity contribution in [1.29, 1.82) is 0 Å². The van der Waals surface area contributed by atoms with E-state index in [0.29, 0.717) is 22.5 Å². The summed E-state index contributed by atoms with van der Waals surface area (Å²) < 4.78 is 3.08. The summed E-state index contributed by atoms with van der Waals surface area (Å²) in [5, 5.41) is 12.5. The first kappa shape index (κ1) is 20.9. The van der Waals surface area contributed by atoms with Crippen LogP contribution in [0.4, 0.5) is 0 Å². The lowest BCUT2D eigenvalue weighted by molar-refractivity contribution is -0.00254.